The summed E-state index contributed by atoms with van der Waals surface area (Å²) in [6.45, 7) is 1.64. The van der Waals surface area contributed by atoms with E-state index in [0.717, 1.165) is 21.9 Å². The summed E-state index contributed by atoms with van der Waals surface area (Å²) in [6.07, 6.45) is 1.16. The van der Waals surface area contributed by atoms with Gasteiger partial charge in [0, 0.05) is 23.9 Å². The van der Waals surface area contributed by atoms with Crippen LogP contribution in [-0.4, -0.2) is 35.0 Å². The van der Waals surface area contributed by atoms with Crippen LogP contribution in [0.3, 0.4) is 0 Å². The maximum absolute atomic E-state index is 12.9. The molecule has 2 N–H and O–H groups in total. The molecule has 4 rings (SSSR count). The average molecular weight is 390 g/mol. The number of carbonyl (C=O) groups is 1. The van der Waals surface area contributed by atoms with Gasteiger partial charge in [0.2, 0.25) is 17.5 Å². The van der Waals surface area contributed by atoms with Crippen LogP contribution < -0.4 is 0 Å². The summed E-state index contributed by atoms with van der Waals surface area (Å²) in [6, 6.07) is 6.51. The van der Waals surface area contributed by atoms with E-state index < -0.39 is 13.5 Å². The summed E-state index contributed by atoms with van der Waals surface area (Å²) in [4.78, 5) is 40.2. The standard InChI is InChI=1S/C15H11N4O5PS/c1-8-16-14(18-24-8)11-7-26-15(17-11)13(20)10-6-19(25(21,22)23)12-5-3-2-4-9(10)12/h2-7H,1H3,(H2,21,22,23). The van der Waals surface area contributed by atoms with Crippen molar-refractivity contribution in [1.82, 2.24) is 19.5 Å². The number of benzene rings is 1. The Kier molecular flexibility index (Phi) is 3.85. The van der Waals surface area contributed by atoms with Gasteiger partial charge in [-0.05, 0) is 6.07 Å². The number of hydrogen-bond donors (Lipinski definition) is 2. The Bertz CT molecular complexity index is 1190. The van der Waals surface area contributed by atoms with Crippen LogP contribution in [0.2, 0.25) is 0 Å². The zero-order valence-corrected chi connectivity index (χ0v) is 14.9. The van der Waals surface area contributed by atoms with Crippen LogP contribution in [-0.2, 0) is 4.57 Å². The smallest absolute Gasteiger partial charge is 0.339 e. The average Bonchev–Trinajstić information content (AvgIpc) is 3.31. The molecule has 0 atom stereocenters. The second-order valence-corrected chi connectivity index (χ2v) is 7.74. The van der Waals surface area contributed by atoms with Crippen LogP contribution >= 0.6 is 19.1 Å². The molecule has 0 fully saturated rings. The molecule has 11 heteroatoms. The topological polar surface area (TPSA) is 131 Å². The predicted molar refractivity (Wildman–Crippen MR) is 93.0 cm³/mol. The number of para-hydroxylation sites is 1. The lowest BCUT2D eigenvalue weighted by atomic mass is 10.1. The third-order valence-corrected chi connectivity index (χ3v) is 5.41. The number of ketones is 1. The van der Waals surface area contributed by atoms with Gasteiger partial charge in [-0.2, -0.15) is 4.98 Å². The summed E-state index contributed by atoms with van der Waals surface area (Å²) in [7, 11) is -4.60. The lowest BCUT2D eigenvalue weighted by molar-refractivity contribution is 0.104. The first-order chi connectivity index (χ1) is 12.3. The van der Waals surface area contributed by atoms with Crippen molar-refractivity contribution in [3.05, 3.63) is 52.3 Å². The first kappa shape index (κ1) is 16.8. The molecule has 0 radical (unpaired) electrons. The normalized spacial score (nSPS) is 12.0. The van der Waals surface area contributed by atoms with Gasteiger partial charge in [0.15, 0.2) is 5.01 Å². The highest BCUT2D eigenvalue weighted by atomic mass is 32.1. The molecule has 0 aliphatic heterocycles. The van der Waals surface area contributed by atoms with E-state index in [1.807, 2.05) is 0 Å². The summed E-state index contributed by atoms with van der Waals surface area (Å²) in [5.41, 5.74) is 0.831. The molecule has 1 aromatic carbocycles. The van der Waals surface area contributed by atoms with E-state index in [9.17, 15) is 19.1 Å². The van der Waals surface area contributed by atoms with E-state index >= 15 is 0 Å². The van der Waals surface area contributed by atoms with Crippen molar-refractivity contribution in [2.45, 2.75) is 6.92 Å². The second kappa shape index (κ2) is 5.96. The molecule has 0 amide bonds. The Balaban J connectivity index is 1.80. The molecule has 0 bridgehead atoms. The molecule has 9 nitrogen and oxygen atoms in total. The van der Waals surface area contributed by atoms with E-state index in [0.29, 0.717) is 17.0 Å². The van der Waals surface area contributed by atoms with Gasteiger partial charge >= 0.3 is 7.75 Å². The van der Waals surface area contributed by atoms with Gasteiger partial charge in [-0.25, -0.2) is 9.55 Å². The summed E-state index contributed by atoms with van der Waals surface area (Å²) < 4.78 is 17.4. The van der Waals surface area contributed by atoms with E-state index in [1.165, 1.54) is 0 Å². The number of nitrogens with zero attached hydrogens (tertiary/aromatic N) is 4. The van der Waals surface area contributed by atoms with E-state index in [-0.39, 0.29) is 21.9 Å². The van der Waals surface area contributed by atoms with Crippen LogP contribution in [0.4, 0.5) is 0 Å². The maximum Gasteiger partial charge on any atom is 0.434 e. The monoisotopic (exact) mass is 390 g/mol. The summed E-state index contributed by atoms with van der Waals surface area (Å²) >= 11 is 1.10. The minimum atomic E-state index is -4.60. The Morgan fingerprint density at radius 3 is 2.73 bits per heavy atom. The van der Waals surface area contributed by atoms with Crippen molar-refractivity contribution in [2.75, 3.05) is 0 Å². The van der Waals surface area contributed by atoms with Gasteiger partial charge in [0.25, 0.3) is 0 Å². The van der Waals surface area contributed by atoms with Gasteiger partial charge in [-0.15, -0.1) is 11.3 Å². The SMILES string of the molecule is Cc1nc(-c2csc(C(=O)c3cn(P(=O)(O)O)c4ccccc34)n2)no1. The third-order valence-electron chi connectivity index (χ3n) is 3.67. The molecule has 3 heterocycles. The van der Waals surface area contributed by atoms with Crippen molar-refractivity contribution in [3.63, 3.8) is 0 Å². The molecule has 0 aliphatic carbocycles. The molecule has 4 aromatic rings. The van der Waals surface area contributed by atoms with Crippen molar-refractivity contribution in [1.29, 1.82) is 0 Å². The van der Waals surface area contributed by atoms with Gasteiger partial charge in [-0.3, -0.25) is 9.13 Å². The molecule has 0 aliphatic rings. The number of aryl methyl sites for hydroxylation is 1. The van der Waals surface area contributed by atoms with Crippen molar-refractivity contribution in [3.8, 4) is 11.5 Å². The van der Waals surface area contributed by atoms with Crippen LogP contribution in [0.5, 0.6) is 0 Å². The number of carbonyl (C=O) groups excluding carboxylic acids is 1. The van der Waals surface area contributed by atoms with E-state index in [4.69, 9.17) is 4.52 Å². The van der Waals surface area contributed by atoms with Gasteiger partial charge in [-0.1, -0.05) is 23.4 Å². The minimum absolute atomic E-state index is 0.161. The highest BCUT2D eigenvalue weighted by Gasteiger charge is 2.26. The number of thiazole rings is 1. The number of rotatable bonds is 4. The van der Waals surface area contributed by atoms with Crippen molar-refractivity contribution < 1.29 is 23.7 Å². The summed E-state index contributed by atoms with van der Waals surface area (Å²) in [5, 5.41) is 5.98. The highest BCUT2D eigenvalue weighted by Crippen LogP contribution is 2.42. The fourth-order valence-corrected chi connectivity index (χ4v) is 4.03. The Labute approximate surface area is 150 Å². The Morgan fingerprint density at radius 2 is 2.04 bits per heavy atom. The Morgan fingerprint density at radius 1 is 1.27 bits per heavy atom. The molecular weight excluding hydrogens is 379 g/mol. The van der Waals surface area contributed by atoms with Crippen molar-refractivity contribution >= 4 is 35.8 Å². The first-order valence-electron chi connectivity index (χ1n) is 7.32. The molecule has 0 unspecified atom stereocenters. The number of fused-ring (bicyclic) bond motifs is 1. The zero-order valence-electron chi connectivity index (χ0n) is 13.2. The van der Waals surface area contributed by atoms with E-state index in [2.05, 4.69) is 15.1 Å². The maximum atomic E-state index is 12.9. The molecule has 0 saturated carbocycles. The highest BCUT2D eigenvalue weighted by molar-refractivity contribution is 7.50. The second-order valence-electron chi connectivity index (χ2n) is 5.42. The van der Waals surface area contributed by atoms with Crippen LogP contribution in [0, 0.1) is 6.92 Å². The van der Waals surface area contributed by atoms with Crippen LogP contribution in [0.25, 0.3) is 22.4 Å². The van der Waals surface area contributed by atoms with Gasteiger partial charge in [0.1, 0.15) is 5.69 Å². The first-order valence-corrected chi connectivity index (χ1v) is 9.76. The number of hydrogen-bond acceptors (Lipinski definition) is 7. The lowest BCUT2D eigenvalue weighted by Gasteiger charge is -2.05. The quantitative estimate of drug-likeness (QED) is 0.402. The van der Waals surface area contributed by atoms with Crippen molar-refractivity contribution in [2.24, 2.45) is 0 Å². The fraction of sp³-hybridized carbons (Fsp3) is 0.0667. The number of aromatic nitrogens is 4. The fourth-order valence-electron chi connectivity index (χ4n) is 2.56. The Hall–Kier alpha value is -2.65. The molecule has 3 aromatic heterocycles. The van der Waals surface area contributed by atoms with Gasteiger partial charge in [0.05, 0.1) is 11.1 Å². The van der Waals surface area contributed by atoms with E-state index in [1.54, 1.807) is 36.6 Å². The van der Waals surface area contributed by atoms with Crippen LogP contribution in [0.1, 0.15) is 21.3 Å². The molecule has 0 spiro atoms. The van der Waals surface area contributed by atoms with Crippen LogP contribution in [0.15, 0.2) is 40.4 Å². The molecular formula is C15H11N4O5PS. The third kappa shape index (κ3) is 2.78. The minimum Gasteiger partial charge on any atom is -0.339 e. The van der Waals surface area contributed by atoms with Gasteiger partial charge < -0.3 is 14.3 Å². The molecule has 26 heavy (non-hydrogen) atoms. The summed E-state index contributed by atoms with van der Waals surface area (Å²) in [5.74, 6) is 0.214. The molecule has 132 valence electrons. The lowest BCUT2D eigenvalue weighted by Crippen LogP contribution is -2.00. The zero-order chi connectivity index (χ0) is 18.5. The molecule has 0 saturated heterocycles. The predicted octanol–water partition coefficient (Wildman–Crippen LogP) is 2.63. The largest absolute Gasteiger partial charge is 0.434 e.